The number of hydrogen-bond donors (Lipinski definition) is 2. The molecule has 2 aromatic rings. The zero-order valence-electron chi connectivity index (χ0n) is 16.9. The lowest BCUT2D eigenvalue weighted by Crippen LogP contribution is -2.53. The molecule has 1 fully saturated rings. The predicted molar refractivity (Wildman–Crippen MR) is 119 cm³/mol. The van der Waals surface area contributed by atoms with Crippen LogP contribution < -0.4 is 5.73 Å². The smallest absolute Gasteiger partial charge is 0.410 e. The van der Waals surface area contributed by atoms with Gasteiger partial charge in [-0.1, -0.05) is 0 Å². The molecule has 1 aliphatic heterocycles. The first-order valence-electron chi connectivity index (χ1n) is 9.30. The number of amides is 1. The number of nitrogens with zero attached hydrogens (tertiary/aromatic N) is 5. The fraction of sp³-hybridized carbons (Fsp3) is 0.556. The third-order valence-corrected chi connectivity index (χ3v) is 4.15. The first-order chi connectivity index (χ1) is 13.3. The summed E-state index contributed by atoms with van der Waals surface area (Å²) in [6.45, 7) is 8.43. The minimum atomic E-state index is -0.494. The van der Waals surface area contributed by atoms with Gasteiger partial charge in [-0.15, -0.1) is 24.0 Å². The number of nitrogens with two attached hydrogens (primary N) is 1. The molecule has 1 aliphatic rings. The number of aromatic nitrogens is 3. The first-order valence-corrected chi connectivity index (χ1v) is 9.30. The SMILES string of the molecule is CC(C)(C)OC(=O)N1CCN(C(N)=NCCc2nc(-c3ccco3)n[nH]2)CC1.I. The first kappa shape index (κ1) is 23.0. The maximum absolute atomic E-state index is 12.1. The number of H-pyrrole nitrogens is 1. The van der Waals surface area contributed by atoms with Crippen LogP contribution in [0.1, 0.15) is 26.6 Å². The van der Waals surface area contributed by atoms with Gasteiger partial charge in [-0.2, -0.15) is 5.10 Å². The molecule has 0 atom stereocenters. The van der Waals surface area contributed by atoms with Gasteiger partial charge < -0.3 is 24.7 Å². The summed E-state index contributed by atoms with van der Waals surface area (Å²) >= 11 is 0. The number of aliphatic imine (C=N–C) groups is 1. The van der Waals surface area contributed by atoms with Crippen molar-refractivity contribution in [2.24, 2.45) is 10.7 Å². The number of halogens is 1. The van der Waals surface area contributed by atoms with Crippen molar-refractivity contribution in [3.05, 3.63) is 24.2 Å². The summed E-state index contributed by atoms with van der Waals surface area (Å²) in [5.41, 5.74) is 5.60. The van der Waals surface area contributed by atoms with Gasteiger partial charge in [-0.05, 0) is 32.9 Å². The molecule has 0 aromatic carbocycles. The van der Waals surface area contributed by atoms with Gasteiger partial charge in [0.25, 0.3) is 0 Å². The van der Waals surface area contributed by atoms with Gasteiger partial charge >= 0.3 is 6.09 Å². The number of furan rings is 1. The molecule has 1 saturated heterocycles. The molecule has 160 valence electrons. The van der Waals surface area contributed by atoms with Crippen molar-refractivity contribution in [1.29, 1.82) is 0 Å². The molecule has 2 aromatic heterocycles. The molecule has 10 nitrogen and oxygen atoms in total. The molecule has 0 radical (unpaired) electrons. The van der Waals surface area contributed by atoms with Gasteiger partial charge in [0, 0.05) is 39.1 Å². The zero-order chi connectivity index (χ0) is 20.1. The van der Waals surface area contributed by atoms with Crippen LogP contribution in [-0.2, 0) is 11.2 Å². The molecule has 3 heterocycles. The molecular weight excluding hydrogens is 489 g/mol. The van der Waals surface area contributed by atoms with E-state index < -0.39 is 5.60 Å². The van der Waals surface area contributed by atoms with E-state index in [-0.39, 0.29) is 30.1 Å². The van der Waals surface area contributed by atoms with Crippen LogP contribution in [0.2, 0.25) is 0 Å². The number of rotatable bonds is 4. The molecule has 0 spiro atoms. The molecule has 0 saturated carbocycles. The Hall–Kier alpha value is -2.31. The van der Waals surface area contributed by atoms with Gasteiger partial charge in [0.15, 0.2) is 11.7 Å². The largest absolute Gasteiger partial charge is 0.461 e. The summed E-state index contributed by atoms with van der Waals surface area (Å²) in [6.07, 6.45) is 1.88. The normalized spacial score (nSPS) is 15.2. The predicted octanol–water partition coefficient (Wildman–Crippen LogP) is 2.09. The van der Waals surface area contributed by atoms with E-state index in [0.29, 0.717) is 56.7 Å². The van der Waals surface area contributed by atoms with E-state index in [2.05, 4.69) is 20.2 Å². The van der Waals surface area contributed by atoms with Crippen molar-refractivity contribution >= 4 is 36.0 Å². The average molecular weight is 517 g/mol. The Morgan fingerprint density at radius 2 is 2.00 bits per heavy atom. The van der Waals surface area contributed by atoms with Gasteiger partial charge in [0.2, 0.25) is 5.82 Å². The number of piperazine rings is 1. The minimum absolute atomic E-state index is 0. The molecule has 29 heavy (non-hydrogen) atoms. The zero-order valence-corrected chi connectivity index (χ0v) is 19.3. The maximum Gasteiger partial charge on any atom is 0.410 e. The average Bonchev–Trinajstić information content (AvgIpc) is 3.32. The van der Waals surface area contributed by atoms with Crippen LogP contribution in [0.15, 0.2) is 27.8 Å². The van der Waals surface area contributed by atoms with Crippen molar-refractivity contribution in [2.45, 2.75) is 32.8 Å². The number of carbonyl (C=O) groups excluding carboxylic acids is 1. The van der Waals surface area contributed by atoms with Crippen molar-refractivity contribution < 1.29 is 13.9 Å². The number of guanidine groups is 1. The highest BCUT2D eigenvalue weighted by molar-refractivity contribution is 14.0. The highest BCUT2D eigenvalue weighted by atomic mass is 127. The Bertz CT molecular complexity index is 806. The van der Waals surface area contributed by atoms with Gasteiger partial charge in [0.1, 0.15) is 11.4 Å². The van der Waals surface area contributed by atoms with Crippen molar-refractivity contribution in [2.75, 3.05) is 32.7 Å². The topological polar surface area (TPSA) is 126 Å². The number of aromatic amines is 1. The molecule has 3 N–H and O–H groups in total. The highest BCUT2D eigenvalue weighted by Gasteiger charge is 2.26. The standard InChI is InChI=1S/C18H27N7O3.HI/c1-18(2,3)28-17(26)25-10-8-24(9-11-25)16(19)20-7-6-14-21-15(23-22-14)13-5-4-12-27-13;/h4-5,12H,6-11H2,1-3H3,(H2,19,20)(H,21,22,23);1H. The van der Waals surface area contributed by atoms with E-state index in [4.69, 9.17) is 14.9 Å². The van der Waals surface area contributed by atoms with E-state index in [1.54, 1.807) is 23.3 Å². The summed E-state index contributed by atoms with van der Waals surface area (Å²) in [7, 11) is 0. The molecule has 1 amide bonds. The van der Waals surface area contributed by atoms with Crippen LogP contribution in [0.3, 0.4) is 0 Å². The second kappa shape index (κ2) is 9.94. The monoisotopic (exact) mass is 517 g/mol. The van der Waals surface area contributed by atoms with E-state index in [1.165, 1.54) is 0 Å². The number of ether oxygens (including phenoxy) is 1. The second-order valence-electron chi connectivity index (χ2n) is 7.53. The molecule has 11 heteroatoms. The number of carbonyl (C=O) groups is 1. The Balaban J connectivity index is 0.00000300. The highest BCUT2D eigenvalue weighted by Crippen LogP contribution is 2.14. The van der Waals surface area contributed by atoms with Crippen LogP contribution in [0.4, 0.5) is 4.79 Å². The van der Waals surface area contributed by atoms with Crippen molar-refractivity contribution in [1.82, 2.24) is 25.0 Å². The number of nitrogens with one attached hydrogen (secondary N) is 1. The summed E-state index contributed by atoms with van der Waals surface area (Å²) in [4.78, 5) is 24.6. The Kier molecular flexibility index (Phi) is 7.88. The lowest BCUT2D eigenvalue weighted by Gasteiger charge is -2.36. The van der Waals surface area contributed by atoms with Crippen LogP contribution in [0.25, 0.3) is 11.6 Å². The van der Waals surface area contributed by atoms with Gasteiger partial charge in [-0.3, -0.25) is 10.1 Å². The fourth-order valence-electron chi connectivity index (χ4n) is 2.74. The lowest BCUT2D eigenvalue weighted by molar-refractivity contribution is 0.0186. The van der Waals surface area contributed by atoms with E-state index in [9.17, 15) is 4.79 Å². The van der Waals surface area contributed by atoms with Gasteiger partial charge in [0.05, 0.1) is 6.26 Å². The molecule has 0 aliphatic carbocycles. The summed E-state index contributed by atoms with van der Waals surface area (Å²) < 4.78 is 10.7. The maximum atomic E-state index is 12.1. The van der Waals surface area contributed by atoms with Crippen LogP contribution in [0.5, 0.6) is 0 Å². The summed E-state index contributed by atoms with van der Waals surface area (Å²) in [5, 5.41) is 7.01. The Morgan fingerprint density at radius 3 is 2.62 bits per heavy atom. The molecular formula is C18H28IN7O3. The van der Waals surface area contributed by atoms with Crippen LogP contribution in [-0.4, -0.2) is 75.4 Å². The quantitative estimate of drug-likeness (QED) is 0.362. The fourth-order valence-corrected chi connectivity index (χ4v) is 2.74. The second-order valence-corrected chi connectivity index (χ2v) is 7.53. The summed E-state index contributed by atoms with van der Waals surface area (Å²) in [6, 6.07) is 3.60. The van der Waals surface area contributed by atoms with E-state index in [0.717, 1.165) is 5.82 Å². The van der Waals surface area contributed by atoms with Crippen molar-refractivity contribution in [3.63, 3.8) is 0 Å². The Labute approximate surface area is 186 Å². The Morgan fingerprint density at radius 1 is 1.31 bits per heavy atom. The van der Waals surface area contributed by atoms with Gasteiger partial charge in [-0.25, -0.2) is 9.78 Å². The summed E-state index contributed by atoms with van der Waals surface area (Å²) in [5.74, 6) is 2.33. The molecule has 0 bridgehead atoms. The molecule has 3 rings (SSSR count). The lowest BCUT2D eigenvalue weighted by atomic mass is 10.2. The third-order valence-electron chi connectivity index (χ3n) is 4.15. The molecule has 0 unspecified atom stereocenters. The van der Waals surface area contributed by atoms with Crippen LogP contribution >= 0.6 is 24.0 Å². The van der Waals surface area contributed by atoms with Crippen molar-refractivity contribution in [3.8, 4) is 11.6 Å². The van der Waals surface area contributed by atoms with Crippen LogP contribution in [0, 0.1) is 0 Å². The van der Waals surface area contributed by atoms with E-state index >= 15 is 0 Å². The minimum Gasteiger partial charge on any atom is -0.461 e. The third kappa shape index (κ3) is 6.61. The van der Waals surface area contributed by atoms with E-state index in [1.807, 2.05) is 25.7 Å². The number of hydrogen-bond acceptors (Lipinski definition) is 6.